The van der Waals surface area contributed by atoms with Crippen molar-refractivity contribution in [1.29, 1.82) is 0 Å². The zero-order valence-electron chi connectivity index (χ0n) is 18.1. The summed E-state index contributed by atoms with van der Waals surface area (Å²) in [5.41, 5.74) is 4.95. The monoisotopic (exact) mass is 430 g/mol. The molecule has 0 bridgehead atoms. The number of nitrogens with zero attached hydrogens (tertiary/aromatic N) is 1. The fourth-order valence-corrected chi connectivity index (χ4v) is 3.78. The molecule has 2 aromatic carbocycles. The quantitative estimate of drug-likeness (QED) is 0.547. The molecule has 1 aromatic heterocycles. The van der Waals surface area contributed by atoms with Crippen molar-refractivity contribution in [2.45, 2.75) is 25.9 Å². The maximum atomic E-state index is 13.0. The SMILES string of the molecule is CNC(=O)c1cnc(Nc2ccccc2C)c(NC(=O)CC2OCCc3ccccc32)c1. The highest BCUT2D eigenvalue weighted by atomic mass is 16.5. The van der Waals surface area contributed by atoms with E-state index in [0.29, 0.717) is 23.7 Å². The van der Waals surface area contributed by atoms with Gasteiger partial charge in [0.2, 0.25) is 5.91 Å². The number of nitrogens with one attached hydrogen (secondary N) is 3. The molecule has 1 unspecified atom stereocenters. The maximum Gasteiger partial charge on any atom is 0.252 e. The molecule has 7 heteroatoms. The van der Waals surface area contributed by atoms with Crippen LogP contribution in [0.1, 0.15) is 39.6 Å². The fraction of sp³-hybridized carbons (Fsp3) is 0.240. The Hall–Kier alpha value is -3.71. The number of hydrogen-bond donors (Lipinski definition) is 3. The molecule has 0 radical (unpaired) electrons. The lowest BCUT2D eigenvalue weighted by Gasteiger charge is -2.25. The predicted molar refractivity (Wildman–Crippen MR) is 124 cm³/mol. The van der Waals surface area contributed by atoms with E-state index in [1.165, 1.54) is 11.8 Å². The minimum atomic E-state index is -0.303. The summed E-state index contributed by atoms with van der Waals surface area (Å²) in [6.45, 7) is 2.57. The number of rotatable bonds is 6. The Bertz CT molecular complexity index is 1150. The molecule has 3 aromatic rings. The van der Waals surface area contributed by atoms with Gasteiger partial charge in [-0.05, 0) is 42.2 Å². The first kappa shape index (κ1) is 21.5. The molecule has 2 amide bonds. The number of aryl methyl sites for hydroxylation is 1. The summed E-state index contributed by atoms with van der Waals surface area (Å²) in [4.78, 5) is 29.5. The van der Waals surface area contributed by atoms with Gasteiger partial charge in [0, 0.05) is 18.9 Å². The van der Waals surface area contributed by atoms with Crippen LogP contribution in [0.15, 0.2) is 60.8 Å². The lowest BCUT2D eigenvalue weighted by molar-refractivity contribution is -0.119. The van der Waals surface area contributed by atoms with E-state index in [1.54, 1.807) is 13.1 Å². The molecule has 0 saturated heterocycles. The molecule has 7 nitrogen and oxygen atoms in total. The zero-order chi connectivity index (χ0) is 22.5. The molecule has 0 saturated carbocycles. The first-order valence-corrected chi connectivity index (χ1v) is 10.6. The number of amides is 2. The third-order valence-corrected chi connectivity index (χ3v) is 5.51. The van der Waals surface area contributed by atoms with Gasteiger partial charge in [0.1, 0.15) is 0 Å². The Kier molecular flexibility index (Phi) is 6.47. The molecule has 0 spiro atoms. The van der Waals surface area contributed by atoms with Crippen molar-refractivity contribution in [3.05, 3.63) is 83.0 Å². The number of pyridine rings is 1. The molecule has 32 heavy (non-hydrogen) atoms. The van der Waals surface area contributed by atoms with E-state index in [9.17, 15) is 9.59 Å². The number of anilines is 3. The normalized spacial score (nSPS) is 14.9. The van der Waals surface area contributed by atoms with Crippen LogP contribution >= 0.6 is 0 Å². The Morgan fingerprint density at radius 1 is 1.09 bits per heavy atom. The van der Waals surface area contributed by atoms with Crippen molar-refractivity contribution in [3.63, 3.8) is 0 Å². The van der Waals surface area contributed by atoms with Gasteiger partial charge in [0.15, 0.2) is 5.82 Å². The number of carbonyl (C=O) groups excluding carboxylic acids is 2. The van der Waals surface area contributed by atoms with Gasteiger partial charge in [-0.3, -0.25) is 9.59 Å². The van der Waals surface area contributed by atoms with Gasteiger partial charge in [-0.1, -0.05) is 42.5 Å². The second kappa shape index (κ2) is 9.62. The number of para-hydroxylation sites is 1. The molecule has 164 valence electrons. The van der Waals surface area contributed by atoms with Crippen molar-refractivity contribution in [2.24, 2.45) is 0 Å². The Morgan fingerprint density at radius 3 is 2.69 bits per heavy atom. The van der Waals surface area contributed by atoms with Gasteiger partial charge in [-0.25, -0.2) is 4.98 Å². The summed E-state index contributed by atoms with van der Waals surface area (Å²) in [5.74, 6) is -0.0272. The standard InChI is InChI=1S/C25H26N4O3/c1-16-7-3-6-10-20(16)29-24-21(13-18(15-27-24)25(31)26-2)28-23(30)14-22-19-9-5-4-8-17(19)11-12-32-22/h3-10,13,15,22H,11-12,14H2,1-2H3,(H,26,31)(H,27,29)(H,28,30). The van der Waals surface area contributed by atoms with Crippen LogP contribution in [0.4, 0.5) is 17.2 Å². The highest BCUT2D eigenvalue weighted by Gasteiger charge is 2.24. The summed E-state index contributed by atoms with van der Waals surface area (Å²) in [7, 11) is 1.55. The molecule has 0 aliphatic carbocycles. The van der Waals surface area contributed by atoms with Crippen LogP contribution in [0.3, 0.4) is 0 Å². The van der Waals surface area contributed by atoms with Crippen molar-refractivity contribution in [1.82, 2.24) is 10.3 Å². The second-order valence-corrected chi connectivity index (χ2v) is 7.70. The van der Waals surface area contributed by atoms with Crippen LogP contribution in [0, 0.1) is 6.92 Å². The van der Waals surface area contributed by atoms with Crippen molar-refractivity contribution < 1.29 is 14.3 Å². The summed E-state index contributed by atoms with van der Waals surface area (Å²) < 4.78 is 5.88. The van der Waals surface area contributed by atoms with Crippen molar-refractivity contribution in [3.8, 4) is 0 Å². The van der Waals surface area contributed by atoms with Crippen LogP contribution in [-0.4, -0.2) is 30.5 Å². The Balaban J connectivity index is 1.57. The van der Waals surface area contributed by atoms with Crippen LogP contribution < -0.4 is 16.0 Å². The van der Waals surface area contributed by atoms with Crippen LogP contribution in [0.25, 0.3) is 0 Å². The molecule has 1 aliphatic rings. The van der Waals surface area contributed by atoms with E-state index in [2.05, 4.69) is 27.0 Å². The van der Waals surface area contributed by atoms with E-state index < -0.39 is 0 Å². The topological polar surface area (TPSA) is 92.4 Å². The summed E-state index contributed by atoms with van der Waals surface area (Å²) in [6, 6.07) is 17.5. The number of benzene rings is 2. The van der Waals surface area contributed by atoms with Gasteiger partial charge >= 0.3 is 0 Å². The summed E-state index contributed by atoms with van der Waals surface area (Å²) in [6.07, 6.45) is 2.19. The first-order chi connectivity index (χ1) is 15.5. The molecule has 4 rings (SSSR count). The van der Waals surface area contributed by atoms with Gasteiger partial charge < -0.3 is 20.7 Å². The predicted octanol–water partition coefficient (Wildman–Crippen LogP) is 4.14. The molecular formula is C25H26N4O3. The average molecular weight is 431 g/mol. The van der Waals surface area contributed by atoms with E-state index in [1.807, 2.05) is 49.4 Å². The van der Waals surface area contributed by atoms with Crippen LogP contribution in [0.2, 0.25) is 0 Å². The third kappa shape index (κ3) is 4.78. The molecule has 2 heterocycles. The second-order valence-electron chi connectivity index (χ2n) is 7.70. The average Bonchev–Trinajstić information content (AvgIpc) is 2.81. The number of ether oxygens (including phenoxy) is 1. The molecule has 0 fully saturated rings. The van der Waals surface area contributed by atoms with Crippen molar-refractivity contribution in [2.75, 3.05) is 24.3 Å². The van der Waals surface area contributed by atoms with Gasteiger partial charge in [-0.15, -0.1) is 0 Å². The molecule has 1 aliphatic heterocycles. The minimum Gasteiger partial charge on any atom is -0.373 e. The lowest BCUT2D eigenvalue weighted by Crippen LogP contribution is -2.23. The lowest BCUT2D eigenvalue weighted by atomic mass is 9.95. The molecule has 1 atom stereocenters. The zero-order valence-corrected chi connectivity index (χ0v) is 18.1. The minimum absolute atomic E-state index is 0.172. The van der Waals surface area contributed by atoms with Crippen molar-refractivity contribution >= 4 is 29.0 Å². The largest absolute Gasteiger partial charge is 0.373 e. The Morgan fingerprint density at radius 2 is 1.88 bits per heavy atom. The van der Waals surface area contributed by atoms with Crippen LogP contribution in [0.5, 0.6) is 0 Å². The molecular weight excluding hydrogens is 404 g/mol. The maximum absolute atomic E-state index is 13.0. The van der Waals surface area contributed by atoms with Gasteiger partial charge in [-0.2, -0.15) is 0 Å². The smallest absolute Gasteiger partial charge is 0.252 e. The van der Waals surface area contributed by atoms with Crippen LogP contribution in [-0.2, 0) is 16.0 Å². The van der Waals surface area contributed by atoms with E-state index in [-0.39, 0.29) is 24.3 Å². The highest BCUT2D eigenvalue weighted by Crippen LogP contribution is 2.31. The van der Waals surface area contributed by atoms with E-state index in [4.69, 9.17) is 4.74 Å². The van der Waals surface area contributed by atoms with Gasteiger partial charge in [0.25, 0.3) is 5.91 Å². The summed E-state index contributed by atoms with van der Waals surface area (Å²) in [5, 5.41) is 8.77. The van der Waals surface area contributed by atoms with E-state index in [0.717, 1.165) is 23.2 Å². The molecule has 3 N–H and O–H groups in total. The summed E-state index contributed by atoms with van der Waals surface area (Å²) >= 11 is 0. The van der Waals surface area contributed by atoms with E-state index >= 15 is 0 Å². The number of aromatic nitrogens is 1. The number of hydrogen-bond acceptors (Lipinski definition) is 5. The first-order valence-electron chi connectivity index (χ1n) is 10.6. The number of carbonyl (C=O) groups is 2. The fourth-order valence-electron chi connectivity index (χ4n) is 3.78. The van der Waals surface area contributed by atoms with Gasteiger partial charge in [0.05, 0.1) is 30.4 Å². The third-order valence-electron chi connectivity index (χ3n) is 5.51. The Labute approximate surface area is 187 Å². The highest BCUT2D eigenvalue weighted by molar-refractivity contribution is 5.99. The number of fused-ring (bicyclic) bond motifs is 1.